The minimum absolute atomic E-state index is 0.219. The molecular formula is C27H29F3O3S. The van der Waals surface area contributed by atoms with E-state index in [0.717, 1.165) is 57.7 Å². The molecule has 7 heteroatoms. The molecule has 182 valence electrons. The van der Waals surface area contributed by atoms with Gasteiger partial charge in [-0.2, -0.15) is 13.2 Å². The summed E-state index contributed by atoms with van der Waals surface area (Å²) in [7, 11) is 0. The first-order valence-corrected chi connectivity index (χ1v) is 11.8. The van der Waals surface area contributed by atoms with E-state index in [0.29, 0.717) is 5.75 Å². The Kier molecular flexibility index (Phi) is 7.46. The molecule has 0 radical (unpaired) electrons. The molecule has 34 heavy (non-hydrogen) atoms. The molecule has 0 aliphatic carbocycles. The maximum atomic E-state index is 12.9. The number of carboxylic acids is 1. The predicted octanol–water partition coefficient (Wildman–Crippen LogP) is 7.60. The van der Waals surface area contributed by atoms with Crippen molar-refractivity contribution in [2.45, 2.75) is 59.1 Å². The Morgan fingerprint density at radius 1 is 0.971 bits per heavy atom. The highest BCUT2D eigenvalue weighted by Crippen LogP contribution is 2.37. The van der Waals surface area contributed by atoms with Gasteiger partial charge < -0.3 is 9.84 Å². The molecule has 0 aliphatic rings. The Hall–Kier alpha value is -2.80. The van der Waals surface area contributed by atoms with Gasteiger partial charge >= 0.3 is 12.1 Å². The molecule has 0 saturated carbocycles. The normalized spacial score (nSPS) is 12.1. The van der Waals surface area contributed by atoms with Crippen LogP contribution in [0.25, 0.3) is 10.4 Å². The van der Waals surface area contributed by atoms with Gasteiger partial charge in [0.1, 0.15) is 5.75 Å². The minimum atomic E-state index is -4.34. The van der Waals surface area contributed by atoms with Crippen molar-refractivity contribution in [3.63, 3.8) is 0 Å². The molecule has 1 aromatic heterocycles. The molecule has 3 nitrogen and oxygen atoms in total. The van der Waals surface area contributed by atoms with Crippen LogP contribution in [-0.4, -0.2) is 17.7 Å². The van der Waals surface area contributed by atoms with E-state index in [1.807, 2.05) is 26.0 Å². The predicted molar refractivity (Wildman–Crippen MR) is 130 cm³/mol. The maximum Gasteiger partial charge on any atom is 0.416 e. The van der Waals surface area contributed by atoms with Gasteiger partial charge in [0, 0.05) is 15.3 Å². The third kappa shape index (κ3) is 6.20. The minimum Gasteiger partial charge on any atom is -0.481 e. The fraction of sp³-hybridized carbons (Fsp3) is 0.370. The molecule has 0 spiro atoms. The van der Waals surface area contributed by atoms with Crippen molar-refractivity contribution in [2.24, 2.45) is 0 Å². The summed E-state index contributed by atoms with van der Waals surface area (Å²) >= 11 is 1.60. The summed E-state index contributed by atoms with van der Waals surface area (Å²) in [6.45, 7) is 9.77. The lowest BCUT2D eigenvalue weighted by Gasteiger charge is -2.25. The van der Waals surface area contributed by atoms with Crippen LogP contribution in [0, 0.1) is 13.8 Å². The van der Waals surface area contributed by atoms with Crippen molar-refractivity contribution in [2.75, 3.05) is 6.61 Å². The summed E-state index contributed by atoms with van der Waals surface area (Å²) in [5, 5.41) is 9.01. The second kappa shape index (κ2) is 9.82. The Balaban J connectivity index is 1.81. The van der Waals surface area contributed by atoms with Crippen LogP contribution in [0.3, 0.4) is 0 Å². The molecule has 0 amide bonds. The van der Waals surface area contributed by atoms with Crippen LogP contribution in [0.4, 0.5) is 13.2 Å². The average molecular weight is 491 g/mol. The van der Waals surface area contributed by atoms with Crippen LogP contribution in [0.2, 0.25) is 0 Å². The Morgan fingerprint density at radius 3 is 2.18 bits per heavy atom. The van der Waals surface area contributed by atoms with Crippen molar-refractivity contribution < 1.29 is 27.8 Å². The number of hydrogen-bond donors (Lipinski definition) is 1. The lowest BCUT2D eigenvalue weighted by molar-refractivity contribution is -0.139. The van der Waals surface area contributed by atoms with E-state index in [4.69, 9.17) is 9.84 Å². The molecule has 1 N–H and O–H groups in total. The lowest BCUT2D eigenvalue weighted by atomic mass is 9.83. The third-order valence-corrected chi connectivity index (χ3v) is 6.99. The SMILES string of the molecule is Cc1cc(-c2ccc(C(F)(F)F)cc2)sc1CCc1cc(C)c(OCC(=O)O)c(C(C)(C)C)c1. The van der Waals surface area contributed by atoms with Crippen molar-refractivity contribution >= 4 is 17.3 Å². The Morgan fingerprint density at radius 2 is 1.62 bits per heavy atom. The number of carboxylic acid groups (broad SMARTS) is 1. The number of hydrogen-bond acceptors (Lipinski definition) is 3. The van der Waals surface area contributed by atoms with Crippen LogP contribution >= 0.6 is 11.3 Å². The topological polar surface area (TPSA) is 46.5 Å². The van der Waals surface area contributed by atoms with Gasteiger partial charge in [0.25, 0.3) is 0 Å². The van der Waals surface area contributed by atoms with Crippen molar-refractivity contribution in [3.05, 3.63) is 75.2 Å². The molecule has 0 unspecified atom stereocenters. The van der Waals surface area contributed by atoms with Gasteiger partial charge in [-0.25, -0.2) is 4.79 Å². The number of aliphatic carboxylic acids is 1. The summed E-state index contributed by atoms with van der Waals surface area (Å²) in [5.41, 5.74) is 4.03. The fourth-order valence-corrected chi connectivity index (χ4v) is 5.05. The molecular weight excluding hydrogens is 461 g/mol. The summed E-state index contributed by atoms with van der Waals surface area (Å²) < 4.78 is 44.2. The first kappa shape index (κ1) is 25.8. The number of aryl methyl sites for hydroxylation is 4. The average Bonchev–Trinajstić information content (AvgIpc) is 3.10. The van der Waals surface area contributed by atoms with Gasteiger partial charge in [0.05, 0.1) is 5.56 Å². The molecule has 3 aromatic rings. The second-order valence-electron chi connectivity index (χ2n) is 9.51. The van der Waals surface area contributed by atoms with Crippen LogP contribution in [0.5, 0.6) is 5.75 Å². The molecule has 0 saturated heterocycles. The van der Waals surface area contributed by atoms with Crippen LogP contribution < -0.4 is 4.74 Å². The molecule has 0 fully saturated rings. The highest BCUT2D eigenvalue weighted by atomic mass is 32.1. The quantitative estimate of drug-likeness (QED) is 0.371. The van der Waals surface area contributed by atoms with Crippen LogP contribution in [0.15, 0.2) is 42.5 Å². The van der Waals surface area contributed by atoms with Gasteiger partial charge in [-0.1, -0.05) is 45.0 Å². The van der Waals surface area contributed by atoms with Gasteiger partial charge in [-0.3, -0.25) is 0 Å². The van der Waals surface area contributed by atoms with E-state index >= 15 is 0 Å². The molecule has 1 heterocycles. The number of ether oxygens (including phenoxy) is 1. The number of carbonyl (C=O) groups is 1. The lowest BCUT2D eigenvalue weighted by Crippen LogP contribution is -2.18. The van der Waals surface area contributed by atoms with E-state index in [9.17, 15) is 18.0 Å². The highest BCUT2D eigenvalue weighted by Gasteiger charge is 2.30. The zero-order valence-electron chi connectivity index (χ0n) is 20.0. The second-order valence-corrected chi connectivity index (χ2v) is 10.7. The summed E-state index contributed by atoms with van der Waals surface area (Å²) in [5.74, 6) is -0.393. The molecule has 3 rings (SSSR count). The zero-order valence-corrected chi connectivity index (χ0v) is 20.8. The number of thiophene rings is 1. The first-order chi connectivity index (χ1) is 15.8. The first-order valence-electron chi connectivity index (χ1n) is 11.0. The van der Waals surface area contributed by atoms with E-state index in [2.05, 4.69) is 26.8 Å². The van der Waals surface area contributed by atoms with Gasteiger partial charge in [0.2, 0.25) is 0 Å². The molecule has 2 aromatic carbocycles. The maximum absolute atomic E-state index is 12.9. The van der Waals surface area contributed by atoms with E-state index in [-0.39, 0.29) is 12.0 Å². The van der Waals surface area contributed by atoms with Crippen molar-refractivity contribution in [1.29, 1.82) is 0 Å². The highest BCUT2D eigenvalue weighted by molar-refractivity contribution is 7.15. The summed E-state index contributed by atoms with van der Waals surface area (Å²) in [4.78, 5) is 13.1. The van der Waals surface area contributed by atoms with E-state index in [1.54, 1.807) is 11.3 Å². The van der Waals surface area contributed by atoms with Crippen LogP contribution in [-0.2, 0) is 29.2 Å². The van der Waals surface area contributed by atoms with Crippen LogP contribution in [0.1, 0.15) is 53.5 Å². The van der Waals surface area contributed by atoms with Gasteiger partial charge in [0.15, 0.2) is 6.61 Å². The third-order valence-electron chi connectivity index (χ3n) is 5.64. The largest absolute Gasteiger partial charge is 0.481 e. The zero-order chi connectivity index (χ0) is 25.3. The Bertz CT molecular complexity index is 1170. The number of rotatable bonds is 7. The van der Waals surface area contributed by atoms with E-state index < -0.39 is 17.7 Å². The molecule has 0 aliphatic heterocycles. The summed E-state index contributed by atoms with van der Waals surface area (Å²) in [6, 6.07) is 11.4. The number of halogens is 3. The molecule has 0 atom stereocenters. The smallest absolute Gasteiger partial charge is 0.416 e. The Labute approximate surface area is 202 Å². The van der Waals surface area contributed by atoms with E-state index in [1.165, 1.54) is 17.0 Å². The fourth-order valence-electron chi connectivity index (χ4n) is 3.87. The summed E-state index contributed by atoms with van der Waals surface area (Å²) in [6.07, 6.45) is -2.75. The van der Waals surface area contributed by atoms with Crippen molar-refractivity contribution in [3.8, 4) is 16.2 Å². The van der Waals surface area contributed by atoms with Crippen molar-refractivity contribution in [1.82, 2.24) is 0 Å². The number of alkyl halides is 3. The standard InChI is InChI=1S/C27H29F3O3S/c1-16-13-23(19-7-9-20(10-8-19)27(28,29)30)34-22(16)11-6-18-12-17(2)25(33-15-24(31)32)21(14-18)26(3,4)5/h7-10,12-14H,6,11,15H2,1-5H3,(H,31,32). The number of benzene rings is 2. The molecule has 0 bridgehead atoms. The monoisotopic (exact) mass is 490 g/mol. The van der Waals surface area contributed by atoms with Gasteiger partial charge in [-0.05, 0) is 72.6 Å². The van der Waals surface area contributed by atoms with Gasteiger partial charge in [-0.15, -0.1) is 11.3 Å².